The minimum atomic E-state index is -0.186. The second kappa shape index (κ2) is 6.83. The lowest BCUT2D eigenvalue weighted by Gasteiger charge is -2.31. The van der Waals surface area contributed by atoms with E-state index in [1.54, 1.807) is 6.26 Å². The van der Waals surface area contributed by atoms with Crippen molar-refractivity contribution in [1.29, 1.82) is 0 Å². The maximum Gasteiger partial charge on any atom is 0.230 e. The van der Waals surface area contributed by atoms with E-state index in [2.05, 4.69) is 5.10 Å². The van der Waals surface area contributed by atoms with Gasteiger partial charge in [-0.05, 0) is 45.7 Å². The number of likely N-dealkylation sites (tertiary alicyclic amines) is 1. The van der Waals surface area contributed by atoms with E-state index in [0.717, 1.165) is 48.5 Å². The van der Waals surface area contributed by atoms with Gasteiger partial charge in [0.2, 0.25) is 5.91 Å². The maximum atomic E-state index is 13.3. The standard InChI is InChI=1S/C19H27N3O2/c1-13(18-14(2)20-21(4)15(18)3)19(23)22-11-7-5-6-9-16(22)17-10-8-12-24-17/h8,10,12-13,16H,5-7,9,11H2,1-4H3/t13-,16-/m1/s1. The number of hydrogen-bond acceptors (Lipinski definition) is 3. The molecule has 1 saturated heterocycles. The predicted octanol–water partition coefficient (Wildman–Crippen LogP) is 3.88. The topological polar surface area (TPSA) is 51.3 Å². The molecule has 5 heteroatoms. The zero-order valence-corrected chi connectivity index (χ0v) is 15.1. The Hall–Kier alpha value is -2.04. The van der Waals surface area contributed by atoms with E-state index in [4.69, 9.17) is 4.42 Å². The third-order valence-electron chi connectivity index (χ3n) is 5.28. The summed E-state index contributed by atoms with van der Waals surface area (Å²) in [6.07, 6.45) is 6.02. The van der Waals surface area contributed by atoms with Gasteiger partial charge in [0.05, 0.1) is 23.9 Å². The summed E-state index contributed by atoms with van der Waals surface area (Å²) in [5.74, 6) is 0.892. The van der Waals surface area contributed by atoms with Crippen LogP contribution in [0.5, 0.6) is 0 Å². The normalized spacial score (nSPS) is 20.0. The Balaban J connectivity index is 1.90. The lowest BCUT2D eigenvalue weighted by Crippen LogP contribution is -2.37. The Bertz CT molecular complexity index is 703. The molecular weight excluding hydrogens is 302 g/mol. The van der Waals surface area contributed by atoms with E-state index in [1.807, 2.05) is 49.5 Å². The number of carbonyl (C=O) groups excluding carboxylic acids is 1. The fourth-order valence-electron chi connectivity index (χ4n) is 3.94. The minimum absolute atomic E-state index is 0.0507. The number of hydrogen-bond donors (Lipinski definition) is 0. The Morgan fingerprint density at radius 2 is 2.12 bits per heavy atom. The number of aryl methyl sites for hydroxylation is 2. The quantitative estimate of drug-likeness (QED) is 0.859. The summed E-state index contributed by atoms with van der Waals surface area (Å²) in [7, 11) is 1.93. The SMILES string of the molecule is Cc1nn(C)c(C)c1[C@@H](C)C(=O)N1CCCCC[C@@H]1c1ccco1. The highest BCUT2D eigenvalue weighted by Gasteiger charge is 2.33. The van der Waals surface area contributed by atoms with Crippen LogP contribution in [0.1, 0.15) is 67.3 Å². The largest absolute Gasteiger partial charge is 0.467 e. The Morgan fingerprint density at radius 3 is 2.75 bits per heavy atom. The Morgan fingerprint density at radius 1 is 1.33 bits per heavy atom. The van der Waals surface area contributed by atoms with Crippen molar-refractivity contribution < 1.29 is 9.21 Å². The second-order valence-electron chi connectivity index (χ2n) is 6.84. The molecule has 0 saturated carbocycles. The van der Waals surface area contributed by atoms with Crippen molar-refractivity contribution >= 4 is 5.91 Å². The van der Waals surface area contributed by atoms with E-state index < -0.39 is 0 Å². The fraction of sp³-hybridized carbons (Fsp3) is 0.579. The number of amides is 1. The highest BCUT2D eigenvalue weighted by atomic mass is 16.3. The van der Waals surface area contributed by atoms with Gasteiger partial charge in [-0.25, -0.2) is 0 Å². The third kappa shape index (κ3) is 2.99. The molecule has 5 nitrogen and oxygen atoms in total. The molecule has 0 N–H and O–H groups in total. The van der Waals surface area contributed by atoms with Gasteiger partial charge in [-0.15, -0.1) is 0 Å². The smallest absolute Gasteiger partial charge is 0.230 e. The zero-order chi connectivity index (χ0) is 17.3. The van der Waals surface area contributed by atoms with E-state index in [0.29, 0.717) is 0 Å². The molecule has 1 fully saturated rings. The van der Waals surface area contributed by atoms with Crippen LogP contribution in [-0.2, 0) is 11.8 Å². The van der Waals surface area contributed by atoms with Crippen molar-refractivity contribution in [1.82, 2.24) is 14.7 Å². The van der Waals surface area contributed by atoms with Gasteiger partial charge < -0.3 is 9.32 Å². The van der Waals surface area contributed by atoms with Gasteiger partial charge in [0.25, 0.3) is 0 Å². The van der Waals surface area contributed by atoms with Crippen LogP contribution in [0.4, 0.5) is 0 Å². The number of furan rings is 1. The molecule has 0 aromatic carbocycles. The minimum Gasteiger partial charge on any atom is -0.467 e. The molecule has 0 spiro atoms. The summed E-state index contributed by atoms with van der Waals surface area (Å²) in [5.41, 5.74) is 3.07. The second-order valence-corrected chi connectivity index (χ2v) is 6.84. The van der Waals surface area contributed by atoms with Gasteiger partial charge in [0.15, 0.2) is 0 Å². The van der Waals surface area contributed by atoms with Gasteiger partial charge in [0.1, 0.15) is 5.76 Å². The zero-order valence-electron chi connectivity index (χ0n) is 15.1. The number of carbonyl (C=O) groups is 1. The molecule has 24 heavy (non-hydrogen) atoms. The molecule has 1 amide bonds. The van der Waals surface area contributed by atoms with Gasteiger partial charge in [-0.2, -0.15) is 5.10 Å². The Labute approximate surface area is 143 Å². The average molecular weight is 329 g/mol. The number of nitrogens with zero attached hydrogens (tertiary/aromatic N) is 3. The molecule has 0 radical (unpaired) electrons. The van der Waals surface area contributed by atoms with Crippen LogP contribution >= 0.6 is 0 Å². The predicted molar refractivity (Wildman–Crippen MR) is 92.7 cm³/mol. The summed E-state index contributed by atoms with van der Waals surface area (Å²) in [6.45, 7) is 6.82. The van der Waals surface area contributed by atoms with E-state index in [9.17, 15) is 4.79 Å². The first-order valence-electron chi connectivity index (χ1n) is 8.84. The van der Waals surface area contributed by atoms with Crippen LogP contribution in [0, 0.1) is 13.8 Å². The van der Waals surface area contributed by atoms with Crippen molar-refractivity contribution in [3.63, 3.8) is 0 Å². The molecule has 0 unspecified atom stereocenters. The van der Waals surface area contributed by atoms with Crippen molar-refractivity contribution in [2.75, 3.05) is 6.54 Å². The average Bonchev–Trinajstić information content (AvgIpc) is 3.08. The lowest BCUT2D eigenvalue weighted by molar-refractivity contribution is -0.135. The third-order valence-corrected chi connectivity index (χ3v) is 5.28. The van der Waals surface area contributed by atoms with Crippen LogP contribution in [0.25, 0.3) is 0 Å². The van der Waals surface area contributed by atoms with Gasteiger partial charge in [-0.1, -0.05) is 12.8 Å². The van der Waals surface area contributed by atoms with E-state index in [-0.39, 0.29) is 17.9 Å². The first-order valence-corrected chi connectivity index (χ1v) is 8.84. The lowest BCUT2D eigenvalue weighted by atomic mass is 9.96. The summed E-state index contributed by atoms with van der Waals surface area (Å²) >= 11 is 0. The summed E-state index contributed by atoms with van der Waals surface area (Å²) in [5, 5.41) is 4.47. The highest BCUT2D eigenvalue weighted by molar-refractivity contribution is 5.84. The molecule has 3 rings (SSSR count). The fourth-order valence-corrected chi connectivity index (χ4v) is 3.94. The molecule has 0 aliphatic carbocycles. The van der Waals surface area contributed by atoms with Crippen molar-refractivity contribution in [2.24, 2.45) is 7.05 Å². The molecule has 0 bridgehead atoms. The van der Waals surface area contributed by atoms with E-state index >= 15 is 0 Å². The van der Waals surface area contributed by atoms with Gasteiger partial charge in [0, 0.05) is 24.8 Å². The van der Waals surface area contributed by atoms with Crippen LogP contribution < -0.4 is 0 Å². The Kier molecular flexibility index (Phi) is 4.78. The molecule has 3 heterocycles. The highest BCUT2D eigenvalue weighted by Crippen LogP contribution is 2.34. The van der Waals surface area contributed by atoms with Gasteiger partial charge in [-0.3, -0.25) is 9.48 Å². The van der Waals surface area contributed by atoms with Crippen LogP contribution in [0.3, 0.4) is 0 Å². The summed E-state index contributed by atoms with van der Waals surface area (Å²) in [4.78, 5) is 15.3. The molecule has 2 aromatic rings. The van der Waals surface area contributed by atoms with E-state index in [1.165, 1.54) is 6.42 Å². The van der Waals surface area contributed by atoms with Crippen LogP contribution in [0.15, 0.2) is 22.8 Å². The van der Waals surface area contributed by atoms with Crippen molar-refractivity contribution in [2.45, 2.75) is 58.4 Å². The first-order chi connectivity index (χ1) is 11.5. The summed E-state index contributed by atoms with van der Waals surface area (Å²) in [6, 6.07) is 3.94. The summed E-state index contributed by atoms with van der Waals surface area (Å²) < 4.78 is 7.50. The molecule has 1 aliphatic rings. The number of rotatable bonds is 3. The number of aromatic nitrogens is 2. The maximum absolute atomic E-state index is 13.3. The van der Waals surface area contributed by atoms with Crippen LogP contribution in [-0.4, -0.2) is 27.1 Å². The molecule has 2 atom stereocenters. The molecule has 1 aliphatic heterocycles. The van der Waals surface area contributed by atoms with Crippen molar-refractivity contribution in [3.8, 4) is 0 Å². The van der Waals surface area contributed by atoms with Crippen molar-refractivity contribution in [3.05, 3.63) is 41.1 Å². The molecule has 2 aromatic heterocycles. The molecule has 130 valence electrons. The molecular formula is C19H27N3O2. The van der Waals surface area contributed by atoms with Gasteiger partial charge >= 0.3 is 0 Å². The first kappa shape index (κ1) is 16.8. The van der Waals surface area contributed by atoms with Crippen LogP contribution in [0.2, 0.25) is 0 Å². The monoisotopic (exact) mass is 329 g/mol.